The Morgan fingerprint density at radius 2 is 1.86 bits per heavy atom. The topological polar surface area (TPSA) is 41.9 Å². The summed E-state index contributed by atoms with van der Waals surface area (Å²) in [5.41, 5.74) is 2.59. The minimum Gasteiger partial charge on any atom is -0.352 e. The molecule has 2 aromatic heterocycles. The van der Waals surface area contributed by atoms with Crippen molar-refractivity contribution >= 4 is 17.2 Å². The van der Waals surface area contributed by atoms with Crippen LogP contribution in [0.25, 0.3) is 11.3 Å². The first-order chi connectivity index (χ1) is 10.6. The Balaban J connectivity index is 1.74. The summed E-state index contributed by atoms with van der Waals surface area (Å²) in [7, 11) is 1.95. The molecule has 22 heavy (non-hydrogen) atoms. The summed E-state index contributed by atoms with van der Waals surface area (Å²) in [5, 5.41) is 11.6. The molecule has 0 amide bonds. The Morgan fingerprint density at radius 1 is 1.09 bits per heavy atom. The molecule has 0 aliphatic rings. The van der Waals surface area contributed by atoms with Crippen molar-refractivity contribution in [3.63, 3.8) is 0 Å². The van der Waals surface area contributed by atoms with E-state index < -0.39 is 0 Å². The van der Waals surface area contributed by atoms with Crippen molar-refractivity contribution in [1.29, 1.82) is 0 Å². The Bertz CT molecular complexity index is 753. The zero-order valence-electron chi connectivity index (χ0n) is 12.3. The van der Waals surface area contributed by atoms with E-state index in [0.717, 1.165) is 27.8 Å². The van der Waals surface area contributed by atoms with E-state index in [9.17, 15) is 4.39 Å². The molecule has 0 fully saturated rings. The van der Waals surface area contributed by atoms with Crippen LogP contribution in [0.5, 0.6) is 0 Å². The van der Waals surface area contributed by atoms with E-state index in [4.69, 9.17) is 0 Å². The van der Waals surface area contributed by atoms with Crippen molar-refractivity contribution in [3.8, 4) is 11.3 Å². The summed E-state index contributed by atoms with van der Waals surface area (Å²) in [6.07, 6.45) is 0. The van der Waals surface area contributed by atoms with Gasteiger partial charge in [0.05, 0.1) is 22.9 Å². The smallest absolute Gasteiger partial charge is 0.151 e. The quantitative estimate of drug-likeness (QED) is 0.736. The number of nitrogens with zero attached hydrogens (tertiary/aromatic N) is 4. The monoisotopic (exact) mass is 314 g/mol. The van der Waals surface area contributed by atoms with Gasteiger partial charge in [-0.2, -0.15) is 0 Å². The van der Waals surface area contributed by atoms with Crippen LogP contribution in [0.4, 0.5) is 10.2 Å². The van der Waals surface area contributed by atoms with Gasteiger partial charge in [0.2, 0.25) is 0 Å². The molecular weight excluding hydrogens is 299 g/mol. The highest BCUT2D eigenvalue weighted by Gasteiger charge is 2.08. The summed E-state index contributed by atoms with van der Waals surface area (Å²) >= 11 is 1.64. The lowest BCUT2D eigenvalue weighted by Crippen LogP contribution is -2.18. The number of benzene rings is 1. The number of aryl methyl sites for hydroxylation is 1. The van der Waals surface area contributed by atoms with Gasteiger partial charge in [-0.1, -0.05) is 0 Å². The SMILES string of the molecule is Cc1nc(CN(C)c2ccc(-c3ccc(F)cc3)nn2)cs1. The Labute approximate surface area is 132 Å². The summed E-state index contributed by atoms with van der Waals surface area (Å²) < 4.78 is 12.9. The van der Waals surface area contributed by atoms with Gasteiger partial charge in [-0.25, -0.2) is 9.37 Å². The summed E-state index contributed by atoms with van der Waals surface area (Å²) in [6.45, 7) is 2.68. The molecule has 0 radical (unpaired) electrons. The fraction of sp³-hybridized carbons (Fsp3) is 0.188. The second-order valence-corrected chi connectivity index (χ2v) is 6.06. The summed E-state index contributed by atoms with van der Waals surface area (Å²) in [5.74, 6) is 0.517. The van der Waals surface area contributed by atoms with Crippen LogP contribution in [-0.4, -0.2) is 22.2 Å². The van der Waals surface area contributed by atoms with Gasteiger partial charge in [0, 0.05) is 18.0 Å². The first-order valence-corrected chi connectivity index (χ1v) is 7.71. The highest BCUT2D eigenvalue weighted by molar-refractivity contribution is 7.09. The molecule has 0 atom stereocenters. The standard InChI is InChI=1S/C16H15FN4S/c1-11-18-14(10-22-11)9-21(2)16-8-7-15(19-20-16)12-3-5-13(17)6-4-12/h3-8,10H,9H2,1-2H3. The molecule has 2 heterocycles. The van der Waals surface area contributed by atoms with E-state index in [1.807, 2.05) is 36.4 Å². The van der Waals surface area contributed by atoms with E-state index in [-0.39, 0.29) is 5.82 Å². The fourth-order valence-electron chi connectivity index (χ4n) is 2.11. The molecule has 0 N–H and O–H groups in total. The Kier molecular flexibility index (Phi) is 4.11. The number of thiazole rings is 1. The summed E-state index contributed by atoms with van der Waals surface area (Å²) in [6, 6.07) is 10.0. The predicted molar refractivity (Wildman–Crippen MR) is 86.4 cm³/mol. The molecular formula is C16H15FN4S. The lowest BCUT2D eigenvalue weighted by Gasteiger charge is -2.16. The number of rotatable bonds is 4. The van der Waals surface area contributed by atoms with Crippen molar-refractivity contribution in [2.24, 2.45) is 0 Å². The van der Waals surface area contributed by atoms with Gasteiger partial charge in [-0.15, -0.1) is 21.5 Å². The third-order valence-corrected chi connectivity index (χ3v) is 4.07. The first kappa shape index (κ1) is 14.6. The second-order valence-electron chi connectivity index (χ2n) is 5.00. The van der Waals surface area contributed by atoms with E-state index in [1.165, 1.54) is 12.1 Å². The van der Waals surface area contributed by atoms with Crippen molar-refractivity contribution in [2.45, 2.75) is 13.5 Å². The van der Waals surface area contributed by atoms with Crippen LogP contribution < -0.4 is 4.90 Å². The van der Waals surface area contributed by atoms with Gasteiger partial charge in [-0.3, -0.25) is 0 Å². The van der Waals surface area contributed by atoms with Crippen LogP contribution in [0.3, 0.4) is 0 Å². The normalized spacial score (nSPS) is 10.7. The third-order valence-electron chi connectivity index (χ3n) is 3.25. The number of halogens is 1. The van der Waals surface area contributed by atoms with Crippen molar-refractivity contribution in [2.75, 3.05) is 11.9 Å². The first-order valence-electron chi connectivity index (χ1n) is 6.83. The van der Waals surface area contributed by atoms with Crippen LogP contribution in [0.1, 0.15) is 10.7 Å². The highest BCUT2D eigenvalue weighted by atomic mass is 32.1. The molecule has 4 nitrogen and oxygen atoms in total. The molecule has 0 unspecified atom stereocenters. The molecule has 6 heteroatoms. The minimum atomic E-state index is -0.258. The van der Waals surface area contributed by atoms with E-state index in [0.29, 0.717) is 6.54 Å². The van der Waals surface area contributed by atoms with Crippen molar-refractivity contribution in [3.05, 3.63) is 58.3 Å². The maximum atomic E-state index is 12.9. The molecule has 0 spiro atoms. The van der Waals surface area contributed by atoms with E-state index >= 15 is 0 Å². The molecule has 1 aromatic carbocycles. The van der Waals surface area contributed by atoms with Crippen molar-refractivity contribution in [1.82, 2.24) is 15.2 Å². The Hall–Kier alpha value is -2.34. The molecule has 0 aliphatic heterocycles. The van der Waals surface area contributed by atoms with E-state index in [2.05, 4.69) is 15.2 Å². The third kappa shape index (κ3) is 3.28. The number of hydrogen-bond donors (Lipinski definition) is 0. The van der Waals surface area contributed by atoms with Crippen LogP contribution in [0, 0.1) is 12.7 Å². The van der Waals surface area contributed by atoms with Gasteiger partial charge >= 0.3 is 0 Å². The maximum Gasteiger partial charge on any atom is 0.151 e. The molecule has 3 rings (SSSR count). The molecule has 0 saturated carbocycles. The molecule has 3 aromatic rings. The molecule has 0 bridgehead atoms. The molecule has 0 aliphatic carbocycles. The maximum absolute atomic E-state index is 12.9. The zero-order chi connectivity index (χ0) is 15.5. The van der Waals surface area contributed by atoms with Gasteiger partial charge in [0.15, 0.2) is 5.82 Å². The Morgan fingerprint density at radius 3 is 2.45 bits per heavy atom. The summed E-state index contributed by atoms with van der Waals surface area (Å²) in [4.78, 5) is 6.44. The molecule has 112 valence electrons. The van der Waals surface area contributed by atoms with Gasteiger partial charge < -0.3 is 4.90 Å². The zero-order valence-corrected chi connectivity index (χ0v) is 13.1. The average molecular weight is 314 g/mol. The number of hydrogen-bond acceptors (Lipinski definition) is 5. The average Bonchev–Trinajstić information content (AvgIpc) is 2.93. The largest absolute Gasteiger partial charge is 0.352 e. The second kappa shape index (κ2) is 6.19. The van der Waals surface area contributed by atoms with Crippen LogP contribution >= 0.6 is 11.3 Å². The number of anilines is 1. The van der Waals surface area contributed by atoms with Gasteiger partial charge in [0.25, 0.3) is 0 Å². The lowest BCUT2D eigenvalue weighted by atomic mass is 10.1. The minimum absolute atomic E-state index is 0.258. The predicted octanol–water partition coefficient (Wildman–Crippen LogP) is 3.68. The molecule has 0 saturated heterocycles. The number of aromatic nitrogens is 3. The van der Waals surface area contributed by atoms with Crippen LogP contribution in [0.2, 0.25) is 0 Å². The van der Waals surface area contributed by atoms with E-state index in [1.54, 1.807) is 23.5 Å². The van der Waals surface area contributed by atoms with Crippen molar-refractivity contribution < 1.29 is 4.39 Å². The van der Waals surface area contributed by atoms with Crippen LogP contribution in [0.15, 0.2) is 41.8 Å². The highest BCUT2D eigenvalue weighted by Crippen LogP contribution is 2.19. The van der Waals surface area contributed by atoms with Crippen LogP contribution in [-0.2, 0) is 6.54 Å². The van der Waals surface area contributed by atoms with Gasteiger partial charge in [-0.05, 0) is 43.3 Å². The lowest BCUT2D eigenvalue weighted by molar-refractivity contribution is 0.628. The van der Waals surface area contributed by atoms with Gasteiger partial charge in [0.1, 0.15) is 5.82 Å². The fourth-order valence-corrected chi connectivity index (χ4v) is 2.71.